The number of aryl methyl sites for hydroxylation is 2. The molecule has 114 valence electrons. The molecule has 0 saturated heterocycles. The van der Waals surface area contributed by atoms with Crippen molar-refractivity contribution in [2.24, 2.45) is 12.9 Å². The van der Waals surface area contributed by atoms with Crippen molar-refractivity contribution in [1.82, 2.24) is 15.2 Å². The molecule has 1 unspecified atom stereocenters. The van der Waals surface area contributed by atoms with Gasteiger partial charge in [-0.1, -0.05) is 6.92 Å². The highest BCUT2D eigenvalue weighted by Crippen LogP contribution is 2.25. The smallest absolute Gasteiger partial charge is 0.133 e. The molecule has 0 bridgehead atoms. The van der Waals surface area contributed by atoms with Gasteiger partial charge in [-0.25, -0.2) is 13.2 Å². The van der Waals surface area contributed by atoms with Crippen LogP contribution in [-0.2, 0) is 19.9 Å². The Morgan fingerprint density at radius 2 is 1.86 bits per heavy atom. The summed E-state index contributed by atoms with van der Waals surface area (Å²) in [6.45, 7) is 1.96. The standard InChI is InChI=1S/C14H17F3N4/c1-3-9-6-10(21(2)20-9)7-13(19-18)14-11(16)4-8(15)5-12(14)17/h4-6,13,19H,3,7,18H2,1-2H3. The third-order valence-corrected chi connectivity index (χ3v) is 3.40. The highest BCUT2D eigenvalue weighted by Gasteiger charge is 2.22. The van der Waals surface area contributed by atoms with Gasteiger partial charge in [0.25, 0.3) is 0 Å². The molecule has 0 radical (unpaired) electrons. The van der Waals surface area contributed by atoms with Gasteiger partial charge in [-0.2, -0.15) is 5.10 Å². The summed E-state index contributed by atoms with van der Waals surface area (Å²) in [7, 11) is 1.75. The topological polar surface area (TPSA) is 55.9 Å². The fraction of sp³-hybridized carbons (Fsp3) is 0.357. The molecule has 1 heterocycles. The lowest BCUT2D eigenvalue weighted by atomic mass is 10.0. The lowest BCUT2D eigenvalue weighted by molar-refractivity contribution is 0.455. The number of nitrogens with zero attached hydrogens (tertiary/aromatic N) is 2. The molecular weight excluding hydrogens is 281 g/mol. The summed E-state index contributed by atoms with van der Waals surface area (Å²) in [6.07, 6.45) is 0.993. The Labute approximate surface area is 120 Å². The van der Waals surface area contributed by atoms with Crippen molar-refractivity contribution < 1.29 is 13.2 Å². The number of nitrogens with two attached hydrogens (primary N) is 1. The molecule has 4 nitrogen and oxygen atoms in total. The van der Waals surface area contributed by atoms with Crippen molar-refractivity contribution in [2.75, 3.05) is 0 Å². The lowest BCUT2D eigenvalue weighted by Gasteiger charge is -2.18. The maximum Gasteiger partial charge on any atom is 0.133 e. The van der Waals surface area contributed by atoms with Crippen LogP contribution >= 0.6 is 0 Å². The van der Waals surface area contributed by atoms with Crippen LogP contribution in [0.3, 0.4) is 0 Å². The van der Waals surface area contributed by atoms with Crippen molar-refractivity contribution in [1.29, 1.82) is 0 Å². The molecule has 0 saturated carbocycles. The minimum atomic E-state index is -0.965. The van der Waals surface area contributed by atoms with Crippen molar-refractivity contribution in [3.8, 4) is 0 Å². The highest BCUT2D eigenvalue weighted by molar-refractivity contribution is 5.26. The molecule has 2 aromatic rings. The summed E-state index contributed by atoms with van der Waals surface area (Å²) in [4.78, 5) is 0. The van der Waals surface area contributed by atoms with Gasteiger partial charge in [-0.3, -0.25) is 16.0 Å². The van der Waals surface area contributed by atoms with Crippen LogP contribution in [0.25, 0.3) is 0 Å². The molecule has 21 heavy (non-hydrogen) atoms. The van der Waals surface area contributed by atoms with Gasteiger partial charge in [0.2, 0.25) is 0 Å². The van der Waals surface area contributed by atoms with Crippen LogP contribution in [0.4, 0.5) is 13.2 Å². The molecule has 0 amide bonds. The Balaban J connectivity index is 2.34. The first-order chi connectivity index (χ1) is 9.96. The fourth-order valence-corrected chi connectivity index (χ4v) is 2.28. The molecule has 0 aliphatic carbocycles. The van der Waals surface area contributed by atoms with E-state index in [1.54, 1.807) is 11.7 Å². The SMILES string of the molecule is CCc1cc(CC(NN)c2c(F)cc(F)cc2F)n(C)n1. The Morgan fingerprint density at radius 3 is 2.33 bits per heavy atom. The van der Waals surface area contributed by atoms with Crippen LogP contribution < -0.4 is 11.3 Å². The first kappa shape index (κ1) is 15.5. The number of hydrogen-bond acceptors (Lipinski definition) is 3. The van der Waals surface area contributed by atoms with E-state index < -0.39 is 23.5 Å². The van der Waals surface area contributed by atoms with E-state index in [0.29, 0.717) is 12.1 Å². The van der Waals surface area contributed by atoms with Gasteiger partial charge in [0, 0.05) is 36.9 Å². The largest absolute Gasteiger partial charge is 0.272 e. The molecule has 0 fully saturated rings. The van der Waals surface area contributed by atoms with E-state index in [0.717, 1.165) is 17.8 Å². The zero-order valence-corrected chi connectivity index (χ0v) is 11.8. The summed E-state index contributed by atoms with van der Waals surface area (Å²) in [5.41, 5.74) is 3.75. The molecule has 1 atom stereocenters. The molecule has 0 spiro atoms. The van der Waals surface area contributed by atoms with Crippen LogP contribution in [0, 0.1) is 17.5 Å². The predicted octanol–water partition coefficient (Wildman–Crippen LogP) is 2.15. The lowest BCUT2D eigenvalue weighted by Crippen LogP contribution is -2.31. The van der Waals surface area contributed by atoms with Crippen molar-refractivity contribution >= 4 is 0 Å². The number of aromatic nitrogens is 2. The van der Waals surface area contributed by atoms with E-state index >= 15 is 0 Å². The Hall–Kier alpha value is -1.86. The fourth-order valence-electron chi connectivity index (χ4n) is 2.28. The number of nitrogens with one attached hydrogen (secondary N) is 1. The second kappa shape index (κ2) is 6.28. The van der Waals surface area contributed by atoms with Crippen LogP contribution in [0.1, 0.15) is 29.9 Å². The monoisotopic (exact) mass is 298 g/mol. The Bertz CT molecular complexity index is 616. The van der Waals surface area contributed by atoms with Gasteiger partial charge in [0.15, 0.2) is 0 Å². The first-order valence-electron chi connectivity index (χ1n) is 6.58. The molecule has 7 heteroatoms. The molecular formula is C14H17F3N4. The average molecular weight is 298 g/mol. The van der Waals surface area contributed by atoms with Crippen LogP contribution in [0.15, 0.2) is 18.2 Å². The number of benzene rings is 1. The highest BCUT2D eigenvalue weighted by atomic mass is 19.1. The second-order valence-corrected chi connectivity index (χ2v) is 4.81. The van der Waals surface area contributed by atoms with E-state index in [4.69, 9.17) is 5.84 Å². The molecule has 0 aliphatic rings. The van der Waals surface area contributed by atoms with Crippen molar-refractivity contribution in [3.05, 3.63) is 52.6 Å². The van der Waals surface area contributed by atoms with E-state index in [1.807, 2.05) is 13.0 Å². The van der Waals surface area contributed by atoms with Gasteiger partial charge in [0.1, 0.15) is 17.5 Å². The summed E-state index contributed by atoms with van der Waals surface area (Å²) >= 11 is 0. The van der Waals surface area contributed by atoms with Crippen LogP contribution in [-0.4, -0.2) is 9.78 Å². The third-order valence-electron chi connectivity index (χ3n) is 3.40. The average Bonchev–Trinajstić information content (AvgIpc) is 2.77. The zero-order chi connectivity index (χ0) is 15.6. The van der Waals surface area contributed by atoms with Gasteiger partial charge in [-0.05, 0) is 12.5 Å². The zero-order valence-electron chi connectivity index (χ0n) is 11.8. The normalized spacial score (nSPS) is 12.7. The van der Waals surface area contributed by atoms with Crippen molar-refractivity contribution in [3.63, 3.8) is 0 Å². The van der Waals surface area contributed by atoms with Gasteiger partial charge < -0.3 is 0 Å². The third kappa shape index (κ3) is 3.25. The summed E-state index contributed by atoms with van der Waals surface area (Å²) in [5.74, 6) is 2.52. The van der Waals surface area contributed by atoms with Crippen molar-refractivity contribution in [2.45, 2.75) is 25.8 Å². The van der Waals surface area contributed by atoms with Crippen LogP contribution in [0.2, 0.25) is 0 Å². The minimum absolute atomic E-state index is 0.236. The molecule has 0 aliphatic heterocycles. The molecule has 1 aromatic carbocycles. The minimum Gasteiger partial charge on any atom is -0.272 e. The van der Waals surface area contributed by atoms with E-state index in [2.05, 4.69) is 10.5 Å². The molecule has 3 N–H and O–H groups in total. The summed E-state index contributed by atoms with van der Waals surface area (Å²) in [5, 5.41) is 4.27. The molecule has 1 aromatic heterocycles. The number of hydrazine groups is 1. The van der Waals surface area contributed by atoms with Crippen LogP contribution in [0.5, 0.6) is 0 Å². The maximum absolute atomic E-state index is 13.8. The number of halogens is 3. The summed E-state index contributed by atoms with van der Waals surface area (Å²) in [6, 6.07) is 2.32. The van der Waals surface area contributed by atoms with Gasteiger partial charge in [0.05, 0.1) is 11.7 Å². The predicted molar refractivity (Wildman–Crippen MR) is 72.7 cm³/mol. The van der Waals surface area contributed by atoms with E-state index in [9.17, 15) is 13.2 Å². The second-order valence-electron chi connectivity index (χ2n) is 4.81. The van der Waals surface area contributed by atoms with Gasteiger partial charge >= 0.3 is 0 Å². The maximum atomic E-state index is 13.8. The Kier molecular flexibility index (Phi) is 4.64. The molecule has 2 rings (SSSR count). The quantitative estimate of drug-likeness (QED) is 0.657. The van der Waals surface area contributed by atoms with Gasteiger partial charge in [-0.15, -0.1) is 0 Å². The summed E-state index contributed by atoms with van der Waals surface area (Å²) < 4.78 is 42.3. The van der Waals surface area contributed by atoms with E-state index in [-0.39, 0.29) is 12.0 Å². The van der Waals surface area contributed by atoms with E-state index in [1.165, 1.54) is 0 Å². The number of rotatable bonds is 5. The number of hydrogen-bond donors (Lipinski definition) is 2. The Morgan fingerprint density at radius 1 is 1.24 bits per heavy atom. The first-order valence-corrected chi connectivity index (χ1v) is 6.58.